The van der Waals surface area contributed by atoms with Crippen LogP contribution in [0.25, 0.3) is 0 Å². The van der Waals surface area contributed by atoms with Crippen molar-refractivity contribution in [3.63, 3.8) is 0 Å². The molecular formula is C16H28IN5O4S. The second-order valence-corrected chi connectivity index (χ2v) is 7.31. The number of hydrogen-bond acceptors (Lipinski definition) is 5. The summed E-state index contributed by atoms with van der Waals surface area (Å²) in [6.45, 7) is 5.97. The standard InChI is InChI=1S/C16H27N5O4S.HI/c1-3-5-6-10-18-16(17-4-2)19-11-12-20-26(24,25)15-9-7-8-14(13-15)21(22)23;/h7-9,13,20H,3-6,10-12H2,1-2H3,(H2,17,18,19);1H. The minimum atomic E-state index is -3.81. The average Bonchev–Trinajstić information content (AvgIpc) is 2.62. The van der Waals surface area contributed by atoms with Crippen molar-refractivity contribution in [2.45, 2.75) is 38.0 Å². The molecule has 0 atom stereocenters. The number of hydrogen-bond donors (Lipinski definition) is 3. The first-order valence-electron chi connectivity index (χ1n) is 8.67. The van der Waals surface area contributed by atoms with Crippen LogP contribution in [0.3, 0.4) is 0 Å². The summed E-state index contributed by atoms with van der Waals surface area (Å²) in [6, 6.07) is 4.95. The summed E-state index contributed by atoms with van der Waals surface area (Å²) < 4.78 is 26.8. The van der Waals surface area contributed by atoms with Gasteiger partial charge in [-0.15, -0.1) is 24.0 Å². The highest BCUT2D eigenvalue weighted by Crippen LogP contribution is 2.16. The number of halogens is 1. The molecule has 0 spiro atoms. The van der Waals surface area contributed by atoms with Crippen molar-refractivity contribution in [2.75, 3.05) is 26.2 Å². The predicted octanol–water partition coefficient (Wildman–Crippen LogP) is 2.24. The molecule has 11 heteroatoms. The van der Waals surface area contributed by atoms with Gasteiger partial charge in [-0.2, -0.15) is 0 Å². The molecule has 0 saturated carbocycles. The quantitative estimate of drug-likeness (QED) is 0.104. The highest BCUT2D eigenvalue weighted by Gasteiger charge is 2.16. The van der Waals surface area contributed by atoms with Crippen molar-refractivity contribution in [1.29, 1.82) is 0 Å². The van der Waals surface area contributed by atoms with Gasteiger partial charge in [-0.1, -0.05) is 25.8 Å². The fourth-order valence-electron chi connectivity index (χ4n) is 2.11. The van der Waals surface area contributed by atoms with E-state index in [2.05, 4.69) is 27.3 Å². The maximum absolute atomic E-state index is 12.2. The normalized spacial score (nSPS) is 11.6. The molecule has 3 N–H and O–H groups in total. The van der Waals surface area contributed by atoms with Gasteiger partial charge in [0.25, 0.3) is 5.69 Å². The summed E-state index contributed by atoms with van der Waals surface area (Å²) in [5, 5.41) is 16.9. The first-order chi connectivity index (χ1) is 12.4. The molecule has 27 heavy (non-hydrogen) atoms. The van der Waals surface area contributed by atoms with Crippen LogP contribution in [0.1, 0.15) is 33.1 Å². The van der Waals surface area contributed by atoms with Crippen molar-refractivity contribution in [1.82, 2.24) is 15.4 Å². The second-order valence-electron chi connectivity index (χ2n) is 5.55. The number of unbranched alkanes of at least 4 members (excludes halogenated alkanes) is 2. The lowest BCUT2D eigenvalue weighted by atomic mass is 10.2. The first kappa shape index (κ1) is 25.5. The molecule has 1 aromatic rings. The molecule has 154 valence electrons. The molecule has 1 rings (SSSR count). The topological polar surface area (TPSA) is 126 Å². The van der Waals surface area contributed by atoms with Gasteiger partial charge in [0, 0.05) is 38.3 Å². The lowest BCUT2D eigenvalue weighted by Gasteiger charge is -2.12. The molecule has 0 fully saturated rings. The Morgan fingerprint density at radius 1 is 1.19 bits per heavy atom. The number of sulfonamides is 1. The van der Waals surface area contributed by atoms with Crippen LogP contribution in [-0.2, 0) is 10.0 Å². The van der Waals surface area contributed by atoms with Gasteiger partial charge < -0.3 is 10.6 Å². The van der Waals surface area contributed by atoms with E-state index in [0.717, 1.165) is 25.3 Å². The summed E-state index contributed by atoms with van der Waals surface area (Å²) in [5.74, 6) is 0.637. The van der Waals surface area contributed by atoms with Gasteiger partial charge in [0.2, 0.25) is 10.0 Å². The Morgan fingerprint density at radius 3 is 2.56 bits per heavy atom. The van der Waals surface area contributed by atoms with Gasteiger partial charge in [0.15, 0.2) is 5.96 Å². The molecule has 0 aliphatic carbocycles. The Morgan fingerprint density at radius 2 is 1.93 bits per heavy atom. The molecule has 0 bridgehead atoms. The number of nitrogens with one attached hydrogen (secondary N) is 3. The lowest BCUT2D eigenvalue weighted by molar-refractivity contribution is -0.385. The van der Waals surface area contributed by atoms with Crippen LogP contribution in [0.4, 0.5) is 5.69 Å². The zero-order valence-corrected chi connectivity index (χ0v) is 18.7. The molecule has 0 aliphatic rings. The lowest BCUT2D eigenvalue weighted by Crippen LogP contribution is -2.41. The number of guanidine groups is 1. The van der Waals surface area contributed by atoms with Crippen LogP contribution in [0.5, 0.6) is 0 Å². The van der Waals surface area contributed by atoms with Crippen molar-refractivity contribution >= 4 is 45.6 Å². The highest BCUT2D eigenvalue weighted by molar-refractivity contribution is 14.0. The molecule has 0 radical (unpaired) electrons. The van der Waals surface area contributed by atoms with E-state index in [4.69, 9.17) is 0 Å². The van der Waals surface area contributed by atoms with Gasteiger partial charge in [0.05, 0.1) is 9.82 Å². The SMILES string of the molecule is CCCCCN=C(NCC)NCCNS(=O)(=O)c1cccc([N+](=O)[O-])c1.I. The van der Waals surface area contributed by atoms with Gasteiger partial charge >= 0.3 is 0 Å². The Bertz CT molecular complexity index is 713. The summed E-state index contributed by atoms with van der Waals surface area (Å²) in [5.41, 5.74) is -0.264. The number of nitrogens with zero attached hydrogens (tertiary/aromatic N) is 2. The van der Waals surface area contributed by atoms with Crippen LogP contribution in [-0.4, -0.2) is 45.5 Å². The Hall–Kier alpha value is -1.47. The molecule has 0 unspecified atom stereocenters. The maximum atomic E-state index is 12.2. The minimum absolute atomic E-state index is 0. The Kier molecular flexibility index (Phi) is 12.9. The van der Waals surface area contributed by atoms with E-state index in [1.54, 1.807) is 0 Å². The first-order valence-corrected chi connectivity index (χ1v) is 10.1. The van der Waals surface area contributed by atoms with E-state index < -0.39 is 14.9 Å². The summed E-state index contributed by atoms with van der Waals surface area (Å²) in [7, 11) is -3.81. The van der Waals surface area contributed by atoms with Crippen LogP contribution in [0.15, 0.2) is 34.2 Å². The van der Waals surface area contributed by atoms with Crippen molar-refractivity contribution in [2.24, 2.45) is 4.99 Å². The third-order valence-electron chi connectivity index (χ3n) is 3.42. The number of nitro groups is 1. The van der Waals surface area contributed by atoms with Crippen molar-refractivity contribution < 1.29 is 13.3 Å². The Labute approximate surface area is 177 Å². The van der Waals surface area contributed by atoms with Crippen LogP contribution in [0.2, 0.25) is 0 Å². The molecule has 9 nitrogen and oxygen atoms in total. The van der Waals surface area contributed by atoms with Crippen LogP contribution < -0.4 is 15.4 Å². The van der Waals surface area contributed by atoms with E-state index in [1.807, 2.05) is 6.92 Å². The van der Waals surface area contributed by atoms with E-state index >= 15 is 0 Å². The van der Waals surface area contributed by atoms with E-state index in [0.29, 0.717) is 25.6 Å². The minimum Gasteiger partial charge on any atom is -0.357 e. The van der Waals surface area contributed by atoms with E-state index in [1.165, 1.54) is 18.2 Å². The average molecular weight is 513 g/mol. The van der Waals surface area contributed by atoms with E-state index in [-0.39, 0.29) is 41.1 Å². The van der Waals surface area contributed by atoms with Gasteiger partial charge in [-0.3, -0.25) is 15.1 Å². The molecular weight excluding hydrogens is 485 g/mol. The number of nitro benzene ring substituents is 1. The highest BCUT2D eigenvalue weighted by atomic mass is 127. The molecule has 0 amide bonds. The Balaban J connectivity index is 0.00000676. The zero-order chi connectivity index (χ0) is 19.4. The number of benzene rings is 1. The van der Waals surface area contributed by atoms with Gasteiger partial charge in [-0.25, -0.2) is 13.1 Å². The molecule has 1 aromatic carbocycles. The fourth-order valence-corrected chi connectivity index (χ4v) is 3.18. The van der Waals surface area contributed by atoms with Crippen LogP contribution in [0, 0.1) is 10.1 Å². The number of rotatable bonds is 11. The van der Waals surface area contributed by atoms with Gasteiger partial charge in [0.1, 0.15) is 0 Å². The van der Waals surface area contributed by atoms with Crippen LogP contribution >= 0.6 is 24.0 Å². The molecule has 0 heterocycles. The van der Waals surface area contributed by atoms with Crippen molar-refractivity contribution in [3.8, 4) is 0 Å². The predicted molar refractivity (Wildman–Crippen MR) is 117 cm³/mol. The summed E-state index contributed by atoms with van der Waals surface area (Å²) in [4.78, 5) is 14.4. The maximum Gasteiger partial charge on any atom is 0.270 e. The number of non-ortho nitro benzene ring substituents is 1. The fraction of sp³-hybridized carbons (Fsp3) is 0.562. The van der Waals surface area contributed by atoms with Crippen molar-refractivity contribution in [3.05, 3.63) is 34.4 Å². The monoisotopic (exact) mass is 513 g/mol. The zero-order valence-electron chi connectivity index (χ0n) is 15.6. The third kappa shape index (κ3) is 9.86. The third-order valence-corrected chi connectivity index (χ3v) is 4.88. The second kappa shape index (κ2) is 13.7. The largest absolute Gasteiger partial charge is 0.357 e. The van der Waals surface area contributed by atoms with Gasteiger partial charge in [-0.05, 0) is 19.4 Å². The molecule has 0 saturated heterocycles. The van der Waals surface area contributed by atoms with E-state index in [9.17, 15) is 18.5 Å². The number of aliphatic imine (C=N–C) groups is 1. The molecule has 0 aliphatic heterocycles. The smallest absolute Gasteiger partial charge is 0.270 e. The summed E-state index contributed by atoms with van der Waals surface area (Å²) in [6.07, 6.45) is 3.25. The molecule has 0 aromatic heterocycles. The summed E-state index contributed by atoms with van der Waals surface area (Å²) >= 11 is 0.